The third-order valence-corrected chi connectivity index (χ3v) is 12.7. The first kappa shape index (κ1) is 38.3. The van der Waals surface area contributed by atoms with Gasteiger partial charge in [0, 0.05) is 19.3 Å². The summed E-state index contributed by atoms with van der Waals surface area (Å²) in [6.45, 7) is 12.5. The number of esters is 1. The molecule has 50 heavy (non-hydrogen) atoms. The van der Waals surface area contributed by atoms with Gasteiger partial charge in [0.05, 0.1) is 18.1 Å². The molecular formula is C37H52O13. The van der Waals surface area contributed by atoms with Crippen molar-refractivity contribution in [2.45, 2.75) is 135 Å². The average molecular weight is 705 g/mol. The number of fused-ring (bicyclic) bond motifs is 5. The predicted molar refractivity (Wildman–Crippen MR) is 177 cm³/mol. The van der Waals surface area contributed by atoms with E-state index in [1.165, 1.54) is 26.0 Å². The van der Waals surface area contributed by atoms with Crippen molar-refractivity contribution >= 4 is 17.5 Å². The first-order valence-electron chi connectivity index (χ1n) is 17.2. The maximum atomic E-state index is 14.7. The quantitative estimate of drug-likeness (QED) is 0.150. The van der Waals surface area contributed by atoms with Gasteiger partial charge in [-0.25, -0.2) is 0 Å². The SMILES string of the molecule is CC(=O)OC(C)(C)/C=C/C(=O)[C@](C)(O)[C@H]1[C@H](O)C[C@@]2(C)[C@@H]3CCc4c(cc(O[C@@H]5O[C@H](CO)[C@@H](O)[C@H](O)[C@H]5O)c(O)c4C)[C@]3(C)C(=O)C[C@]12C. The van der Waals surface area contributed by atoms with E-state index < -0.39 is 88.5 Å². The monoisotopic (exact) mass is 704 g/mol. The summed E-state index contributed by atoms with van der Waals surface area (Å²) in [6, 6.07) is 1.54. The molecule has 13 nitrogen and oxygen atoms in total. The van der Waals surface area contributed by atoms with Gasteiger partial charge >= 0.3 is 5.97 Å². The van der Waals surface area contributed by atoms with Gasteiger partial charge in [-0.1, -0.05) is 13.8 Å². The molecule has 13 heteroatoms. The molecule has 7 N–H and O–H groups in total. The summed E-state index contributed by atoms with van der Waals surface area (Å²) in [7, 11) is 0. The van der Waals surface area contributed by atoms with Crippen LogP contribution in [0.3, 0.4) is 0 Å². The summed E-state index contributed by atoms with van der Waals surface area (Å²) < 4.78 is 16.7. The molecule has 4 aliphatic rings. The topological polar surface area (TPSA) is 221 Å². The molecule has 5 rings (SSSR count). The Morgan fingerprint density at radius 3 is 2.30 bits per heavy atom. The van der Waals surface area contributed by atoms with Crippen molar-refractivity contribution in [2.75, 3.05) is 6.61 Å². The smallest absolute Gasteiger partial charge is 0.303 e. The third kappa shape index (κ3) is 5.69. The molecule has 3 fully saturated rings. The third-order valence-electron chi connectivity index (χ3n) is 12.7. The number of aromatic hydroxyl groups is 1. The van der Waals surface area contributed by atoms with Gasteiger partial charge < -0.3 is 50.0 Å². The Morgan fingerprint density at radius 1 is 1.06 bits per heavy atom. The van der Waals surface area contributed by atoms with Crippen LogP contribution >= 0.6 is 0 Å². The molecule has 1 saturated heterocycles. The van der Waals surface area contributed by atoms with Crippen molar-refractivity contribution in [3.63, 3.8) is 0 Å². The zero-order chi connectivity index (χ0) is 37.5. The van der Waals surface area contributed by atoms with Crippen molar-refractivity contribution in [2.24, 2.45) is 22.7 Å². The zero-order valence-corrected chi connectivity index (χ0v) is 30.0. The fourth-order valence-electron chi connectivity index (χ4n) is 9.98. The van der Waals surface area contributed by atoms with E-state index in [-0.39, 0.29) is 36.0 Å². The number of carbonyl (C=O) groups excluding carboxylic acids is 3. The Morgan fingerprint density at radius 2 is 1.70 bits per heavy atom. The van der Waals surface area contributed by atoms with Gasteiger partial charge in [-0.15, -0.1) is 0 Å². The first-order valence-corrected chi connectivity index (χ1v) is 17.2. The van der Waals surface area contributed by atoms with Crippen LogP contribution in [0, 0.1) is 29.6 Å². The molecular weight excluding hydrogens is 652 g/mol. The van der Waals surface area contributed by atoms with Gasteiger partial charge in [0.25, 0.3) is 0 Å². The second-order valence-electron chi connectivity index (χ2n) is 16.2. The van der Waals surface area contributed by atoms with Gasteiger partial charge in [0.1, 0.15) is 41.4 Å². The molecule has 0 radical (unpaired) electrons. The molecule has 12 atom stereocenters. The standard InChI is InChI=1S/C37H52O13/c1-17-19-9-10-24-34(5)14-21(40)31(37(8,47)25(41)11-12-33(3,4)50-18(2)39)35(34,6)15-26(42)36(24,7)20(19)13-22(27(17)43)48-32-30(46)29(45)28(44)23(16-38)49-32/h11-13,21,23-24,28-32,38,40,43-47H,9-10,14-16H2,1-8H3/b12-11+/t21-,23-,24+,28-,29+,30-,31+,32-,34+,35-,36+,37+/m1/s1. The van der Waals surface area contributed by atoms with E-state index in [0.717, 1.165) is 11.6 Å². The van der Waals surface area contributed by atoms with Crippen LogP contribution in [0.15, 0.2) is 18.2 Å². The van der Waals surface area contributed by atoms with Gasteiger partial charge in [0.15, 0.2) is 17.3 Å². The number of phenols is 1. The van der Waals surface area contributed by atoms with Crippen molar-refractivity contribution < 1.29 is 64.3 Å². The predicted octanol–water partition coefficient (Wildman–Crippen LogP) is 1.28. The lowest BCUT2D eigenvalue weighted by Crippen LogP contribution is -2.63. The van der Waals surface area contributed by atoms with Gasteiger partial charge in [-0.2, -0.15) is 0 Å². The maximum absolute atomic E-state index is 14.7. The lowest BCUT2D eigenvalue weighted by atomic mass is 9.41. The minimum Gasteiger partial charge on any atom is -0.504 e. The molecule has 2 saturated carbocycles. The largest absolute Gasteiger partial charge is 0.504 e. The highest BCUT2D eigenvalue weighted by Crippen LogP contribution is 2.72. The lowest BCUT2D eigenvalue weighted by molar-refractivity contribution is -0.277. The van der Waals surface area contributed by atoms with Crippen LogP contribution in [0.4, 0.5) is 0 Å². The van der Waals surface area contributed by atoms with E-state index in [1.54, 1.807) is 20.8 Å². The van der Waals surface area contributed by atoms with Crippen LogP contribution < -0.4 is 4.74 Å². The number of hydrogen-bond donors (Lipinski definition) is 7. The second-order valence-corrected chi connectivity index (χ2v) is 16.2. The Kier molecular flexibility index (Phi) is 9.69. The molecule has 0 amide bonds. The highest BCUT2D eigenvalue weighted by Gasteiger charge is 2.73. The number of carbonyl (C=O) groups is 3. The summed E-state index contributed by atoms with van der Waals surface area (Å²) in [5.74, 6) is -3.18. The molecule has 1 aliphatic heterocycles. The normalized spacial score (nSPS) is 39.7. The maximum Gasteiger partial charge on any atom is 0.303 e. The average Bonchev–Trinajstić information content (AvgIpc) is 3.22. The van der Waals surface area contributed by atoms with E-state index in [1.807, 2.05) is 20.8 Å². The summed E-state index contributed by atoms with van der Waals surface area (Å²) in [4.78, 5) is 39.8. The Balaban J connectivity index is 1.52. The van der Waals surface area contributed by atoms with Crippen LogP contribution in [0.2, 0.25) is 0 Å². The highest BCUT2D eigenvalue weighted by atomic mass is 16.7. The van der Waals surface area contributed by atoms with Crippen molar-refractivity contribution in [1.82, 2.24) is 0 Å². The van der Waals surface area contributed by atoms with Crippen LogP contribution in [-0.4, -0.2) is 108 Å². The minimum atomic E-state index is -2.08. The highest BCUT2D eigenvalue weighted by molar-refractivity contribution is 5.98. The minimum absolute atomic E-state index is 0.0768. The number of Topliss-reactive ketones (excluding diaryl/α,β-unsaturated/α-hetero) is 1. The van der Waals surface area contributed by atoms with Gasteiger partial charge in [-0.3, -0.25) is 14.4 Å². The summed E-state index contributed by atoms with van der Waals surface area (Å²) in [5, 5.41) is 75.6. The number of hydrogen-bond acceptors (Lipinski definition) is 13. The molecule has 3 aliphatic carbocycles. The first-order chi connectivity index (χ1) is 23.0. The molecule has 1 aromatic rings. The number of rotatable bonds is 8. The van der Waals surface area contributed by atoms with Gasteiger partial charge in [0.2, 0.25) is 6.29 Å². The van der Waals surface area contributed by atoms with E-state index in [9.17, 15) is 50.1 Å². The lowest BCUT2D eigenvalue weighted by Gasteiger charge is -2.61. The summed E-state index contributed by atoms with van der Waals surface area (Å²) in [6.07, 6.45) is -5.31. The molecule has 0 unspecified atom stereocenters. The van der Waals surface area contributed by atoms with Crippen LogP contribution in [0.25, 0.3) is 0 Å². The number of aliphatic hydroxyl groups excluding tert-OH is 5. The number of benzene rings is 1. The van der Waals surface area contributed by atoms with Crippen molar-refractivity contribution in [3.8, 4) is 11.5 Å². The van der Waals surface area contributed by atoms with E-state index in [2.05, 4.69) is 0 Å². The summed E-state index contributed by atoms with van der Waals surface area (Å²) in [5.41, 5.74) is -4.34. The Labute approximate surface area is 291 Å². The fraction of sp³-hybridized carbons (Fsp3) is 0.703. The molecule has 0 bridgehead atoms. The Hall–Kier alpha value is -2.91. The van der Waals surface area contributed by atoms with Crippen LogP contribution in [0.5, 0.6) is 11.5 Å². The molecule has 1 heterocycles. The number of aliphatic hydroxyl groups is 6. The molecule has 0 spiro atoms. The van der Waals surface area contributed by atoms with Crippen LogP contribution in [-0.2, 0) is 35.7 Å². The van der Waals surface area contributed by atoms with Gasteiger partial charge in [-0.05, 0) is 106 Å². The van der Waals surface area contributed by atoms with Crippen molar-refractivity contribution in [3.05, 3.63) is 34.9 Å². The van der Waals surface area contributed by atoms with Crippen molar-refractivity contribution in [1.29, 1.82) is 0 Å². The number of ketones is 2. The fourth-order valence-corrected chi connectivity index (χ4v) is 9.98. The zero-order valence-electron chi connectivity index (χ0n) is 30.0. The summed E-state index contributed by atoms with van der Waals surface area (Å²) >= 11 is 0. The van der Waals surface area contributed by atoms with E-state index in [4.69, 9.17) is 14.2 Å². The van der Waals surface area contributed by atoms with Crippen LogP contribution in [0.1, 0.15) is 84.4 Å². The molecule has 0 aromatic heterocycles. The van der Waals surface area contributed by atoms with E-state index in [0.29, 0.717) is 24.0 Å². The van der Waals surface area contributed by atoms with E-state index >= 15 is 0 Å². The number of ether oxygens (including phenoxy) is 3. The Bertz CT molecular complexity index is 1580. The second kappa shape index (κ2) is 12.6. The number of phenolic OH excluding ortho intramolecular Hbond substituents is 1. The molecule has 1 aromatic carbocycles. The molecule has 278 valence electrons.